The van der Waals surface area contributed by atoms with Gasteiger partial charge in [-0.1, -0.05) is 0 Å². The second-order valence-electron chi connectivity index (χ2n) is 3.02. The summed E-state index contributed by atoms with van der Waals surface area (Å²) in [6, 6.07) is 0. The summed E-state index contributed by atoms with van der Waals surface area (Å²) in [4.78, 5) is 44.8. The largest absolute Gasteiger partial charge is 0.465 e. The van der Waals surface area contributed by atoms with Gasteiger partial charge in [-0.05, 0) is 13.8 Å². The van der Waals surface area contributed by atoms with Crippen LogP contribution >= 0.6 is 0 Å². The highest BCUT2D eigenvalue weighted by atomic mass is 16.4. The maximum atomic E-state index is 11.4. The van der Waals surface area contributed by atoms with Crippen LogP contribution in [0.2, 0.25) is 0 Å². The third-order valence-corrected chi connectivity index (χ3v) is 2.00. The molecule has 8 nitrogen and oxygen atoms in total. The summed E-state index contributed by atoms with van der Waals surface area (Å²) < 4.78 is 0. The SMILES string of the molecule is CCN(C(=O)O)C(=O)CC(=O)N(CC)C(=O)O. The van der Waals surface area contributed by atoms with Gasteiger partial charge in [-0.25, -0.2) is 19.4 Å². The molecule has 0 saturated carbocycles. The van der Waals surface area contributed by atoms with E-state index in [-0.39, 0.29) is 13.1 Å². The van der Waals surface area contributed by atoms with Crippen LogP contribution in [0, 0.1) is 0 Å². The smallest absolute Gasteiger partial charge is 0.414 e. The first-order valence-corrected chi connectivity index (χ1v) is 4.91. The summed E-state index contributed by atoms with van der Waals surface area (Å²) in [5, 5.41) is 17.3. The first kappa shape index (κ1) is 14.9. The summed E-state index contributed by atoms with van der Waals surface area (Å²) in [6.45, 7) is 2.68. The molecule has 0 rings (SSSR count). The summed E-state index contributed by atoms with van der Waals surface area (Å²) in [5.74, 6) is -1.88. The molecule has 4 amide bonds. The van der Waals surface area contributed by atoms with E-state index in [9.17, 15) is 19.2 Å². The van der Waals surface area contributed by atoms with E-state index >= 15 is 0 Å². The standard InChI is InChI=1S/C9H14N2O6/c1-3-10(8(14)15)6(12)5-7(13)11(4-2)9(16)17/h3-5H2,1-2H3,(H,14,15)(H,16,17). The minimum atomic E-state index is -1.47. The Labute approximate surface area is 97.4 Å². The van der Waals surface area contributed by atoms with Crippen molar-refractivity contribution in [3.05, 3.63) is 0 Å². The average Bonchev–Trinajstić information content (AvgIpc) is 2.17. The van der Waals surface area contributed by atoms with Crippen molar-refractivity contribution >= 4 is 24.0 Å². The molecule has 17 heavy (non-hydrogen) atoms. The molecule has 0 heterocycles. The lowest BCUT2D eigenvalue weighted by atomic mass is 10.3. The molecule has 0 aromatic carbocycles. The van der Waals surface area contributed by atoms with Crippen LogP contribution in [0.25, 0.3) is 0 Å². The second kappa shape index (κ2) is 6.46. The third-order valence-electron chi connectivity index (χ3n) is 2.00. The van der Waals surface area contributed by atoms with E-state index < -0.39 is 30.4 Å². The fourth-order valence-corrected chi connectivity index (χ4v) is 1.16. The number of carboxylic acid groups (broad SMARTS) is 2. The van der Waals surface area contributed by atoms with Gasteiger partial charge >= 0.3 is 12.2 Å². The van der Waals surface area contributed by atoms with Crippen LogP contribution in [0.5, 0.6) is 0 Å². The lowest BCUT2D eigenvalue weighted by molar-refractivity contribution is -0.137. The first-order valence-electron chi connectivity index (χ1n) is 4.91. The van der Waals surface area contributed by atoms with Gasteiger partial charge in [0.15, 0.2) is 0 Å². The molecule has 96 valence electrons. The van der Waals surface area contributed by atoms with Crippen LogP contribution in [0.3, 0.4) is 0 Å². The van der Waals surface area contributed by atoms with Gasteiger partial charge in [0, 0.05) is 13.1 Å². The van der Waals surface area contributed by atoms with Gasteiger partial charge in [0.05, 0.1) is 0 Å². The van der Waals surface area contributed by atoms with Crippen molar-refractivity contribution in [3.8, 4) is 0 Å². The molecule has 0 fully saturated rings. The topological polar surface area (TPSA) is 115 Å². The lowest BCUT2D eigenvalue weighted by Gasteiger charge is -2.18. The number of nitrogens with zero attached hydrogens (tertiary/aromatic N) is 2. The predicted molar refractivity (Wildman–Crippen MR) is 55.4 cm³/mol. The zero-order valence-electron chi connectivity index (χ0n) is 9.54. The van der Waals surface area contributed by atoms with Crippen molar-refractivity contribution in [2.24, 2.45) is 0 Å². The van der Waals surface area contributed by atoms with E-state index in [1.54, 1.807) is 0 Å². The van der Waals surface area contributed by atoms with Crippen LogP contribution in [-0.4, -0.2) is 57.1 Å². The minimum absolute atomic E-state index is 0.0966. The Bertz CT molecular complexity index is 308. The molecule has 8 heteroatoms. The second-order valence-corrected chi connectivity index (χ2v) is 3.02. The number of amides is 4. The average molecular weight is 246 g/mol. The van der Waals surface area contributed by atoms with Crippen LogP contribution < -0.4 is 0 Å². The quantitative estimate of drug-likeness (QED) is 0.695. The molecule has 0 bridgehead atoms. The van der Waals surface area contributed by atoms with Crippen LogP contribution in [0.1, 0.15) is 20.3 Å². The molecule has 0 spiro atoms. The Morgan fingerprint density at radius 1 is 0.824 bits per heavy atom. The molecule has 0 saturated heterocycles. The zero-order valence-corrected chi connectivity index (χ0v) is 9.54. The van der Waals surface area contributed by atoms with E-state index in [4.69, 9.17) is 10.2 Å². The summed E-state index contributed by atoms with van der Waals surface area (Å²) in [6.07, 6.45) is -3.72. The van der Waals surface area contributed by atoms with Crippen molar-refractivity contribution in [1.29, 1.82) is 0 Å². The number of hydrogen-bond donors (Lipinski definition) is 2. The van der Waals surface area contributed by atoms with Crippen LogP contribution in [0.4, 0.5) is 9.59 Å². The van der Waals surface area contributed by atoms with E-state index in [2.05, 4.69) is 0 Å². The Morgan fingerprint density at radius 3 is 1.29 bits per heavy atom. The Kier molecular flexibility index (Phi) is 5.65. The highest BCUT2D eigenvalue weighted by Gasteiger charge is 2.26. The predicted octanol–water partition coefficient (Wildman–Crippen LogP) is 0.430. The zero-order chi connectivity index (χ0) is 13.6. The number of imide groups is 2. The maximum Gasteiger partial charge on any atom is 0.414 e. The molecule has 0 radical (unpaired) electrons. The molecule has 0 unspecified atom stereocenters. The monoisotopic (exact) mass is 246 g/mol. The van der Waals surface area contributed by atoms with Crippen molar-refractivity contribution in [1.82, 2.24) is 9.80 Å². The molecular weight excluding hydrogens is 232 g/mol. The maximum absolute atomic E-state index is 11.4. The van der Waals surface area contributed by atoms with Gasteiger partial charge in [0.1, 0.15) is 6.42 Å². The molecule has 0 aliphatic rings. The van der Waals surface area contributed by atoms with Gasteiger partial charge in [-0.15, -0.1) is 0 Å². The number of carbonyl (C=O) groups excluding carboxylic acids is 2. The van der Waals surface area contributed by atoms with Gasteiger partial charge in [0.25, 0.3) is 0 Å². The van der Waals surface area contributed by atoms with Gasteiger partial charge in [-0.2, -0.15) is 0 Å². The first-order chi connectivity index (χ1) is 7.84. The highest BCUT2D eigenvalue weighted by molar-refractivity contribution is 6.05. The fraction of sp³-hybridized carbons (Fsp3) is 0.556. The van der Waals surface area contributed by atoms with Crippen molar-refractivity contribution in [2.45, 2.75) is 20.3 Å². The Balaban J connectivity index is 4.62. The van der Waals surface area contributed by atoms with Crippen molar-refractivity contribution in [2.75, 3.05) is 13.1 Å². The molecule has 0 aromatic rings. The molecule has 0 atom stereocenters. The normalized spacial score (nSPS) is 9.53. The van der Waals surface area contributed by atoms with E-state index in [0.717, 1.165) is 0 Å². The Hall–Kier alpha value is -2.12. The summed E-state index contributed by atoms with van der Waals surface area (Å²) >= 11 is 0. The van der Waals surface area contributed by atoms with E-state index in [0.29, 0.717) is 9.80 Å². The van der Waals surface area contributed by atoms with E-state index in [1.807, 2.05) is 0 Å². The van der Waals surface area contributed by atoms with Gasteiger partial charge < -0.3 is 10.2 Å². The highest BCUT2D eigenvalue weighted by Crippen LogP contribution is 2.00. The Morgan fingerprint density at radius 2 is 1.12 bits per heavy atom. The summed E-state index contributed by atoms with van der Waals surface area (Å²) in [5.41, 5.74) is 0. The molecule has 0 aromatic heterocycles. The number of rotatable bonds is 4. The molecule has 0 aliphatic carbocycles. The lowest BCUT2D eigenvalue weighted by Crippen LogP contribution is -2.42. The molecular formula is C9H14N2O6. The fourth-order valence-electron chi connectivity index (χ4n) is 1.16. The van der Waals surface area contributed by atoms with Gasteiger partial charge in [0.2, 0.25) is 11.8 Å². The van der Waals surface area contributed by atoms with Crippen molar-refractivity contribution < 1.29 is 29.4 Å². The van der Waals surface area contributed by atoms with Crippen LogP contribution in [0.15, 0.2) is 0 Å². The van der Waals surface area contributed by atoms with Gasteiger partial charge in [-0.3, -0.25) is 9.59 Å². The summed E-state index contributed by atoms with van der Waals surface area (Å²) in [7, 11) is 0. The van der Waals surface area contributed by atoms with Crippen molar-refractivity contribution in [3.63, 3.8) is 0 Å². The number of carbonyl (C=O) groups is 4. The van der Waals surface area contributed by atoms with E-state index in [1.165, 1.54) is 13.8 Å². The third kappa shape index (κ3) is 4.09. The number of hydrogen-bond acceptors (Lipinski definition) is 4. The van der Waals surface area contributed by atoms with Crippen LogP contribution in [-0.2, 0) is 9.59 Å². The molecule has 0 aliphatic heterocycles. The molecule has 2 N–H and O–H groups in total. The minimum Gasteiger partial charge on any atom is -0.465 e.